The third-order valence-corrected chi connectivity index (χ3v) is 7.42. The molecule has 5 nitrogen and oxygen atoms in total. The number of fused-ring (bicyclic) bond motifs is 1. The molecule has 0 aliphatic carbocycles. The van der Waals surface area contributed by atoms with Gasteiger partial charge < -0.3 is 19.1 Å². The van der Waals surface area contributed by atoms with Crippen LogP contribution in [0.1, 0.15) is 36.0 Å². The molecule has 1 amide bonds. The second-order valence-electron chi connectivity index (χ2n) is 9.60. The van der Waals surface area contributed by atoms with Gasteiger partial charge in [0.05, 0.1) is 12.8 Å². The number of hydrogen-bond acceptors (Lipinski definition) is 3. The van der Waals surface area contributed by atoms with Crippen LogP contribution in [0.25, 0.3) is 10.9 Å². The molecule has 1 fully saturated rings. The number of anilines is 1. The van der Waals surface area contributed by atoms with Crippen LogP contribution < -0.4 is 9.64 Å². The van der Waals surface area contributed by atoms with Gasteiger partial charge in [-0.2, -0.15) is 0 Å². The second kappa shape index (κ2) is 10.5. The SMILES string of the molecule is CCn1cc([C@H](CC(=O)N2CCN(c3ccccc3OC)CC2)c2cccc(C)c2)c2ccccc21. The van der Waals surface area contributed by atoms with Crippen LogP contribution in [0.4, 0.5) is 5.69 Å². The molecule has 0 N–H and O–H groups in total. The number of benzene rings is 3. The first kappa shape index (κ1) is 24.0. The van der Waals surface area contributed by atoms with Crippen molar-refractivity contribution in [1.29, 1.82) is 0 Å². The van der Waals surface area contributed by atoms with E-state index >= 15 is 0 Å². The summed E-state index contributed by atoms with van der Waals surface area (Å²) in [6.45, 7) is 8.23. The maximum atomic E-state index is 13.7. The number of nitrogens with zero attached hydrogens (tertiary/aromatic N) is 3. The van der Waals surface area contributed by atoms with E-state index in [4.69, 9.17) is 4.74 Å². The highest BCUT2D eigenvalue weighted by Gasteiger charge is 2.28. The third-order valence-electron chi connectivity index (χ3n) is 7.42. The fraction of sp³-hybridized carbons (Fsp3) is 0.323. The van der Waals surface area contributed by atoms with Crippen molar-refractivity contribution in [1.82, 2.24) is 9.47 Å². The maximum Gasteiger partial charge on any atom is 0.223 e. The summed E-state index contributed by atoms with van der Waals surface area (Å²) in [6.07, 6.45) is 2.72. The molecule has 0 bridgehead atoms. The maximum absolute atomic E-state index is 13.7. The minimum absolute atomic E-state index is 0.0161. The van der Waals surface area contributed by atoms with E-state index in [0.29, 0.717) is 19.5 Å². The Hall–Kier alpha value is -3.73. The number of rotatable bonds is 7. The van der Waals surface area contributed by atoms with Gasteiger partial charge in [-0.15, -0.1) is 0 Å². The van der Waals surface area contributed by atoms with Crippen LogP contribution in [-0.2, 0) is 11.3 Å². The zero-order valence-corrected chi connectivity index (χ0v) is 21.5. The van der Waals surface area contributed by atoms with Crippen LogP contribution in [0.3, 0.4) is 0 Å². The van der Waals surface area contributed by atoms with Gasteiger partial charge in [0.2, 0.25) is 5.91 Å². The third kappa shape index (κ3) is 4.70. The summed E-state index contributed by atoms with van der Waals surface area (Å²) < 4.78 is 7.85. The van der Waals surface area contributed by atoms with Crippen LogP contribution in [-0.4, -0.2) is 48.7 Å². The first-order chi connectivity index (χ1) is 17.6. The van der Waals surface area contributed by atoms with Crippen molar-refractivity contribution in [3.63, 3.8) is 0 Å². The predicted octanol–water partition coefficient (Wildman–Crippen LogP) is 5.85. The highest BCUT2D eigenvalue weighted by molar-refractivity contribution is 5.87. The molecule has 36 heavy (non-hydrogen) atoms. The lowest BCUT2D eigenvalue weighted by molar-refractivity contribution is -0.131. The molecule has 1 aliphatic rings. The summed E-state index contributed by atoms with van der Waals surface area (Å²) in [5, 5.41) is 1.24. The zero-order valence-electron chi connectivity index (χ0n) is 21.5. The molecule has 0 unspecified atom stereocenters. The highest BCUT2D eigenvalue weighted by atomic mass is 16.5. The molecule has 3 aromatic carbocycles. The number of amides is 1. The monoisotopic (exact) mass is 481 g/mol. The molecule has 1 saturated heterocycles. The lowest BCUT2D eigenvalue weighted by Gasteiger charge is -2.37. The second-order valence-corrected chi connectivity index (χ2v) is 9.60. The van der Waals surface area contributed by atoms with Crippen molar-refractivity contribution >= 4 is 22.5 Å². The number of hydrogen-bond donors (Lipinski definition) is 0. The van der Waals surface area contributed by atoms with Crippen molar-refractivity contribution in [2.24, 2.45) is 0 Å². The van der Waals surface area contributed by atoms with Gasteiger partial charge in [-0.1, -0.05) is 60.2 Å². The van der Waals surface area contributed by atoms with Crippen molar-refractivity contribution in [3.05, 3.63) is 95.7 Å². The normalized spacial score (nSPS) is 14.8. The lowest BCUT2D eigenvalue weighted by atomic mass is 9.87. The number of methoxy groups -OCH3 is 1. The van der Waals surface area contributed by atoms with Crippen molar-refractivity contribution in [2.45, 2.75) is 32.7 Å². The zero-order chi connectivity index (χ0) is 25.1. The lowest BCUT2D eigenvalue weighted by Crippen LogP contribution is -2.49. The summed E-state index contributed by atoms with van der Waals surface area (Å²) in [4.78, 5) is 18.0. The molecular formula is C31H35N3O2. The van der Waals surface area contributed by atoms with E-state index in [1.807, 2.05) is 23.1 Å². The molecule has 1 aromatic heterocycles. The number of piperazine rings is 1. The van der Waals surface area contributed by atoms with Crippen LogP contribution in [0.5, 0.6) is 5.75 Å². The number of carbonyl (C=O) groups is 1. The van der Waals surface area contributed by atoms with Crippen LogP contribution in [0.2, 0.25) is 0 Å². The summed E-state index contributed by atoms with van der Waals surface area (Å²) in [5.74, 6) is 1.11. The van der Waals surface area contributed by atoms with Gasteiger partial charge in [-0.25, -0.2) is 0 Å². The van der Waals surface area contributed by atoms with E-state index in [9.17, 15) is 4.79 Å². The number of para-hydroxylation sites is 3. The van der Waals surface area contributed by atoms with E-state index in [-0.39, 0.29) is 11.8 Å². The van der Waals surface area contributed by atoms with Gasteiger partial charge in [0, 0.05) is 62.2 Å². The van der Waals surface area contributed by atoms with E-state index in [0.717, 1.165) is 31.1 Å². The Morgan fingerprint density at radius 3 is 2.44 bits per heavy atom. The highest BCUT2D eigenvalue weighted by Crippen LogP contribution is 2.36. The fourth-order valence-corrected chi connectivity index (χ4v) is 5.50. The molecule has 186 valence electrons. The topological polar surface area (TPSA) is 37.7 Å². The predicted molar refractivity (Wildman–Crippen MR) is 147 cm³/mol. The average Bonchev–Trinajstić information content (AvgIpc) is 3.30. The van der Waals surface area contributed by atoms with Crippen molar-refractivity contribution in [3.8, 4) is 5.75 Å². The Kier molecular flexibility index (Phi) is 6.99. The molecule has 5 rings (SSSR count). The standard InChI is InChI=1S/C31H35N3O2/c1-4-32-22-27(25-12-5-6-13-28(25)32)26(24-11-9-10-23(2)20-24)21-31(35)34-18-16-33(17-19-34)29-14-7-8-15-30(29)36-3/h5-15,20,22,26H,4,16-19,21H2,1-3H3/t26-/m1/s1. The Labute approximate surface area is 213 Å². The van der Waals surface area contributed by atoms with Crippen molar-refractivity contribution < 1.29 is 9.53 Å². The van der Waals surface area contributed by atoms with Gasteiger partial charge >= 0.3 is 0 Å². The largest absolute Gasteiger partial charge is 0.495 e. The van der Waals surface area contributed by atoms with E-state index in [1.54, 1.807) is 7.11 Å². The number of ether oxygens (including phenoxy) is 1. The summed E-state index contributed by atoms with van der Waals surface area (Å²) in [5.41, 5.74) is 5.98. The number of aromatic nitrogens is 1. The Balaban J connectivity index is 1.39. The van der Waals surface area contributed by atoms with E-state index in [2.05, 4.69) is 84.1 Å². The van der Waals surface area contributed by atoms with Gasteiger partial charge in [0.15, 0.2) is 0 Å². The van der Waals surface area contributed by atoms with Gasteiger partial charge in [-0.3, -0.25) is 4.79 Å². The first-order valence-electron chi connectivity index (χ1n) is 12.9. The molecule has 0 radical (unpaired) electrons. The van der Waals surface area contributed by atoms with Gasteiger partial charge in [-0.05, 0) is 43.2 Å². The van der Waals surface area contributed by atoms with Crippen LogP contribution >= 0.6 is 0 Å². The van der Waals surface area contributed by atoms with Crippen LogP contribution in [0.15, 0.2) is 79.0 Å². The van der Waals surface area contributed by atoms with E-state index in [1.165, 1.54) is 27.6 Å². The fourth-order valence-electron chi connectivity index (χ4n) is 5.50. The summed E-state index contributed by atoms with van der Waals surface area (Å²) in [7, 11) is 1.71. The first-order valence-corrected chi connectivity index (χ1v) is 12.9. The number of aryl methyl sites for hydroxylation is 2. The smallest absolute Gasteiger partial charge is 0.223 e. The molecule has 0 saturated carbocycles. The Bertz CT molecular complexity index is 1350. The number of carbonyl (C=O) groups excluding carboxylic acids is 1. The Morgan fingerprint density at radius 2 is 1.69 bits per heavy atom. The molecule has 0 spiro atoms. The summed E-state index contributed by atoms with van der Waals surface area (Å²) >= 11 is 0. The summed E-state index contributed by atoms with van der Waals surface area (Å²) in [6, 6.07) is 25.3. The average molecular weight is 482 g/mol. The van der Waals surface area contributed by atoms with Gasteiger partial charge in [0.1, 0.15) is 5.75 Å². The quantitative estimate of drug-likeness (QED) is 0.332. The molecule has 2 heterocycles. The molecule has 4 aromatic rings. The van der Waals surface area contributed by atoms with Gasteiger partial charge in [0.25, 0.3) is 0 Å². The molecule has 1 atom stereocenters. The molecule has 5 heteroatoms. The van der Waals surface area contributed by atoms with E-state index < -0.39 is 0 Å². The minimum Gasteiger partial charge on any atom is -0.495 e. The molecular weight excluding hydrogens is 446 g/mol. The minimum atomic E-state index is 0.0161. The van der Waals surface area contributed by atoms with Crippen molar-refractivity contribution in [2.75, 3.05) is 38.2 Å². The Morgan fingerprint density at radius 1 is 0.944 bits per heavy atom. The van der Waals surface area contributed by atoms with Crippen LogP contribution in [0, 0.1) is 6.92 Å². The molecule has 1 aliphatic heterocycles.